The Morgan fingerprint density at radius 3 is 1.95 bits per heavy atom. The molecule has 0 aromatic heterocycles. The van der Waals surface area contributed by atoms with Gasteiger partial charge in [-0.1, -0.05) is 52.0 Å². The van der Waals surface area contributed by atoms with Crippen LogP contribution in [0.5, 0.6) is 0 Å². The molecule has 1 saturated heterocycles. The highest BCUT2D eigenvalue weighted by Crippen LogP contribution is 2.23. The van der Waals surface area contributed by atoms with Crippen molar-refractivity contribution in [3.8, 4) is 0 Å². The second kappa shape index (κ2) is 11.8. The molecule has 4 rings (SSSR count). The molecule has 198 valence electrons. The van der Waals surface area contributed by atoms with E-state index in [4.69, 9.17) is 12.2 Å². The summed E-state index contributed by atoms with van der Waals surface area (Å²) in [5.41, 5.74) is 5.63. The van der Waals surface area contributed by atoms with Crippen LogP contribution in [0.1, 0.15) is 59.5 Å². The first-order valence-corrected chi connectivity index (χ1v) is 13.5. The third kappa shape index (κ3) is 6.78. The summed E-state index contributed by atoms with van der Waals surface area (Å²) >= 11 is 5.36. The zero-order valence-corrected chi connectivity index (χ0v) is 23.4. The second-order valence-electron chi connectivity index (χ2n) is 10.6. The maximum absolute atomic E-state index is 12.9. The van der Waals surface area contributed by atoms with E-state index in [0.717, 1.165) is 36.4 Å². The molecule has 6 nitrogen and oxygen atoms in total. The molecule has 38 heavy (non-hydrogen) atoms. The van der Waals surface area contributed by atoms with Crippen LogP contribution in [0.4, 0.5) is 11.4 Å². The lowest BCUT2D eigenvalue weighted by Gasteiger charge is -2.36. The number of carbonyl (C=O) groups is 2. The van der Waals surface area contributed by atoms with Gasteiger partial charge in [0, 0.05) is 48.7 Å². The number of hydrogen-bond donors (Lipinski definition) is 2. The molecule has 3 aromatic carbocycles. The highest BCUT2D eigenvalue weighted by atomic mass is 32.1. The SMILES string of the molecule is CCc1ccc(C(=O)N2CCN(c3ccc(NC(=S)NC(=O)c4ccc(C(C)(C)C)cc4)cc3)CC2)cc1. The first-order chi connectivity index (χ1) is 18.1. The average molecular weight is 529 g/mol. The van der Waals surface area contributed by atoms with Crippen molar-refractivity contribution in [2.24, 2.45) is 0 Å². The Bertz CT molecular complexity index is 1270. The van der Waals surface area contributed by atoms with E-state index in [0.29, 0.717) is 18.7 Å². The fourth-order valence-electron chi connectivity index (χ4n) is 4.45. The van der Waals surface area contributed by atoms with E-state index >= 15 is 0 Å². The number of aryl methyl sites for hydroxylation is 1. The van der Waals surface area contributed by atoms with Gasteiger partial charge < -0.3 is 15.1 Å². The number of rotatable bonds is 5. The van der Waals surface area contributed by atoms with Gasteiger partial charge in [0.15, 0.2) is 5.11 Å². The molecule has 0 spiro atoms. The fourth-order valence-corrected chi connectivity index (χ4v) is 4.66. The van der Waals surface area contributed by atoms with E-state index in [1.165, 1.54) is 11.1 Å². The highest BCUT2D eigenvalue weighted by Gasteiger charge is 2.22. The van der Waals surface area contributed by atoms with Crippen LogP contribution in [-0.2, 0) is 11.8 Å². The molecule has 0 unspecified atom stereocenters. The monoisotopic (exact) mass is 528 g/mol. The van der Waals surface area contributed by atoms with Gasteiger partial charge in [0.25, 0.3) is 11.8 Å². The van der Waals surface area contributed by atoms with Gasteiger partial charge in [-0.05, 0) is 83.7 Å². The van der Waals surface area contributed by atoms with Gasteiger partial charge in [-0.3, -0.25) is 14.9 Å². The number of anilines is 2. The van der Waals surface area contributed by atoms with Gasteiger partial charge in [-0.25, -0.2) is 0 Å². The molecule has 1 aliphatic rings. The third-order valence-electron chi connectivity index (χ3n) is 6.91. The normalized spacial score (nSPS) is 13.7. The van der Waals surface area contributed by atoms with Crippen LogP contribution in [0, 0.1) is 0 Å². The topological polar surface area (TPSA) is 64.7 Å². The van der Waals surface area contributed by atoms with Crippen molar-refractivity contribution in [2.75, 3.05) is 36.4 Å². The Kier molecular flexibility index (Phi) is 8.47. The molecule has 1 heterocycles. The van der Waals surface area contributed by atoms with Crippen LogP contribution < -0.4 is 15.5 Å². The Morgan fingerprint density at radius 1 is 0.816 bits per heavy atom. The van der Waals surface area contributed by atoms with Crippen molar-refractivity contribution in [1.29, 1.82) is 0 Å². The second-order valence-corrected chi connectivity index (χ2v) is 11.0. The van der Waals surface area contributed by atoms with Crippen molar-refractivity contribution in [3.05, 3.63) is 95.1 Å². The van der Waals surface area contributed by atoms with Crippen molar-refractivity contribution < 1.29 is 9.59 Å². The molecule has 1 fully saturated rings. The molecule has 1 aliphatic heterocycles. The molecule has 2 N–H and O–H groups in total. The summed E-state index contributed by atoms with van der Waals surface area (Å²) in [6.07, 6.45) is 0.966. The largest absolute Gasteiger partial charge is 0.368 e. The van der Waals surface area contributed by atoms with Crippen molar-refractivity contribution in [3.63, 3.8) is 0 Å². The number of nitrogens with zero attached hydrogens (tertiary/aromatic N) is 2. The first kappa shape index (κ1) is 27.3. The van der Waals surface area contributed by atoms with Crippen molar-refractivity contribution in [1.82, 2.24) is 10.2 Å². The molecule has 2 amide bonds. The van der Waals surface area contributed by atoms with E-state index in [9.17, 15) is 9.59 Å². The summed E-state index contributed by atoms with van der Waals surface area (Å²) in [6.45, 7) is 11.4. The zero-order chi connectivity index (χ0) is 27.3. The van der Waals surface area contributed by atoms with Crippen LogP contribution in [0.3, 0.4) is 0 Å². The standard InChI is InChI=1S/C31H36N4O2S/c1-5-22-6-8-24(9-7-22)29(37)35-20-18-34(19-21-35)27-16-14-26(15-17-27)32-30(38)33-28(36)23-10-12-25(13-11-23)31(2,3)4/h6-17H,5,18-21H2,1-4H3,(H2,32,33,36,38). The average Bonchev–Trinajstić information content (AvgIpc) is 2.93. The minimum Gasteiger partial charge on any atom is -0.368 e. The van der Waals surface area contributed by atoms with Crippen molar-refractivity contribution >= 4 is 40.5 Å². The van der Waals surface area contributed by atoms with E-state index in [1.54, 1.807) is 0 Å². The highest BCUT2D eigenvalue weighted by molar-refractivity contribution is 7.80. The van der Waals surface area contributed by atoms with E-state index in [1.807, 2.05) is 77.7 Å². The molecule has 0 bridgehead atoms. The molecular weight excluding hydrogens is 492 g/mol. The van der Waals surface area contributed by atoms with Gasteiger partial charge in [-0.2, -0.15) is 0 Å². The summed E-state index contributed by atoms with van der Waals surface area (Å²) in [5, 5.41) is 6.09. The molecular formula is C31H36N4O2S. The lowest BCUT2D eigenvalue weighted by Crippen LogP contribution is -2.48. The van der Waals surface area contributed by atoms with Crippen LogP contribution in [0.15, 0.2) is 72.8 Å². The molecule has 0 aliphatic carbocycles. The van der Waals surface area contributed by atoms with Gasteiger partial charge in [0.05, 0.1) is 0 Å². The van der Waals surface area contributed by atoms with Gasteiger partial charge in [0.2, 0.25) is 0 Å². The molecule has 7 heteroatoms. The quantitative estimate of drug-likeness (QED) is 0.420. The summed E-state index contributed by atoms with van der Waals surface area (Å²) in [7, 11) is 0. The predicted octanol–water partition coefficient (Wildman–Crippen LogP) is 5.64. The van der Waals surface area contributed by atoms with Crippen LogP contribution >= 0.6 is 12.2 Å². The summed E-state index contributed by atoms with van der Waals surface area (Å²) in [6, 6.07) is 23.4. The van der Waals surface area contributed by atoms with E-state index < -0.39 is 0 Å². The smallest absolute Gasteiger partial charge is 0.257 e. The molecule has 0 radical (unpaired) electrons. The number of amides is 2. The number of hydrogen-bond acceptors (Lipinski definition) is 4. The van der Waals surface area contributed by atoms with Gasteiger partial charge in [0.1, 0.15) is 0 Å². The minimum atomic E-state index is -0.242. The third-order valence-corrected chi connectivity index (χ3v) is 7.11. The predicted molar refractivity (Wildman–Crippen MR) is 159 cm³/mol. The number of benzene rings is 3. The Hall–Kier alpha value is -3.71. The first-order valence-electron chi connectivity index (χ1n) is 13.1. The maximum atomic E-state index is 12.9. The molecule has 0 atom stereocenters. The van der Waals surface area contributed by atoms with Gasteiger partial charge >= 0.3 is 0 Å². The summed E-state index contributed by atoms with van der Waals surface area (Å²) < 4.78 is 0. The Balaban J connectivity index is 1.26. The lowest BCUT2D eigenvalue weighted by molar-refractivity contribution is 0.0746. The van der Waals surface area contributed by atoms with Crippen molar-refractivity contribution in [2.45, 2.75) is 39.5 Å². The Labute approximate surface area is 231 Å². The van der Waals surface area contributed by atoms with Crippen LogP contribution in [0.2, 0.25) is 0 Å². The number of piperazine rings is 1. The zero-order valence-electron chi connectivity index (χ0n) is 22.6. The van der Waals surface area contributed by atoms with Gasteiger partial charge in [-0.15, -0.1) is 0 Å². The van der Waals surface area contributed by atoms with Crippen LogP contribution in [-0.4, -0.2) is 48.0 Å². The van der Waals surface area contributed by atoms with Crippen LogP contribution in [0.25, 0.3) is 0 Å². The number of thiocarbonyl (C=S) groups is 1. The Morgan fingerprint density at radius 2 is 1.39 bits per heavy atom. The molecule has 0 saturated carbocycles. The summed E-state index contributed by atoms with van der Waals surface area (Å²) in [4.78, 5) is 29.7. The lowest BCUT2D eigenvalue weighted by atomic mass is 9.87. The van der Waals surface area contributed by atoms with E-state index in [-0.39, 0.29) is 22.3 Å². The fraction of sp³-hybridized carbons (Fsp3) is 0.323. The number of carbonyl (C=O) groups excluding carboxylic acids is 2. The number of nitrogens with one attached hydrogen (secondary N) is 2. The summed E-state index contributed by atoms with van der Waals surface area (Å²) in [5.74, 6) is -0.152. The molecule has 3 aromatic rings. The minimum absolute atomic E-state index is 0.0318. The maximum Gasteiger partial charge on any atom is 0.257 e. The van der Waals surface area contributed by atoms with E-state index in [2.05, 4.69) is 43.2 Å².